The van der Waals surface area contributed by atoms with Gasteiger partial charge in [0.2, 0.25) is 6.79 Å². The zero-order chi connectivity index (χ0) is 31.2. The second-order valence-electron chi connectivity index (χ2n) is 8.30. The fraction of sp³-hybridized carbons (Fsp3) is 0.500. The topological polar surface area (TPSA) is 254 Å². The molecule has 1 unspecified atom stereocenters. The molecule has 0 amide bonds. The van der Waals surface area contributed by atoms with Crippen LogP contribution in [0.25, 0.3) is 11.2 Å². The summed E-state index contributed by atoms with van der Waals surface area (Å²) in [5, 5.41) is 18.2. The van der Waals surface area contributed by atoms with E-state index in [1.807, 2.05) is 0 Å². The first-order valence-corrected chi connectivity index (χ1v) is 13.6. The smallest absolute Gasteiger partial charge is 0.478 e. The van der Waals surface area contributed by atoms with Crippen LogP contribution in [0, 0.1) is 0 Å². The molecule has 0 aliphatic rings. The van der Waals surface area contributed by atoms with E-state index < -0.39 is 63.0 Å². The number of anilines is 1. The van der Waals surface area contributed by atoms with Crippen molar-refractivity contribution in [2.45, 2.75) is 52.5 Å². The molecule has 18 nitrogen and oxygen atoms in total. The lowest BCUT2D eigenvalue weighted by Crippen LogP contribution is -2.35. The van der Waals surface area contributed by atoms with Gasteiger partial charge in [-0.2, -0.15) is 0 Å². The Morgan fingerprint density at radius 3 is 2.29 bits per heavy atom. The van der Waals surface area contributed by atoms with Gasteiger partial charge in [-0.25, -0.2) is 34.4 Å². The first-order chi connectivity index (χ1) is 19.2. The number of aromatic nitrogens is 4. The van der Waals surface area contributed by atoms with Crippen LogP contribution in [-0.2, 0) is 49.0 Å². The predicted octanol–water partition coefficient (Wildman–Crippen LogP) is 1.36. The fourth-order valence-corrected chi connectivity index (χ4v) is 4.35. The molecule has 0 saturated carbocycles. The second-order valence-corrected chi connectivity index (χ2v) is 10.4. The van der Waals surface area contributed by atoms with Gasteiger partial charge >= 0.3 is 24.1 Å². The van der Waals surface area contributed by atoms with E-state index in [2.05, 4.69) is 24.8 Å². The Balaban J connectivity index is 0.000000915. The molecule has 0 aliphatic heterocycles. The van der Waals surface area contributed by atoms with Crippen LogP contribution in [0.5, 0.6) is 0 Å². The molecule has 2 rings (SSSR count). The number of hydrogen-bond donors (Lipinski definition) is 4. The first-order valence-electron chi connectivity index (χ1n) is 11.8. The van der Waals surface area contributed by atoms with Crippen LogP contribution in [0.2, 0.25) is 0 Å². The molecular weight excluding hydrogens is 571 g/mol. The largest absolute Gasteiger partial charge is 0.510 e. The minimum atomic E-state index is -3.81. The van der Waals surface area contributed by atoms with Crippen molar-refractivity contribution in [3.8, 4) is 0 Å². The number of ether oxygens (including phenoxy) is 4. The van der Waals surface area contributed by atoms with Crippen molar-refractivity contribution < 1.29 is 57.4 Å². The molecule has 3 atom stereocenters. The minimum Gasteiger partial charge on any atom is -0.478 e. The number of carbonyl (C=O) groups excluding carboxylic acids is 2. The van der Waals surface area contributed by atoms with Gasteiger partial charge in [-0.15, -0.1) is 0 Å². The standard InChI is InChI=1S/C18H29N6O8P.C4H4O4/c1-11(2)32-18(26)29-9-31-33(27,23-13(4)17(25)28-5)10-30-12(3)6-24-8-22-14-15(19)20-7-21-16(14)24;5-3(6)1-2-4(7)8/h7-8,11-13H,6,9-10H2,1-5H3,(H,23,27)(H2,19,20,21);1-2H,(H,5,6)(H,7,8)/b;2-1+/t12-,13+,33?;/m1./s1. The molecule has 228 valence electrons. The lowest BCUT2D eigenvalue weighted by molar-refractivity contribution is -0.142. The van der Waals surface area contributed by atoms with Crippen LogP contribution in [0.15, 0.2) is 24.8 Å². The summed E-state index contributed by atoms with van der Waals surface area (Å²) in [7, 11) is -2.61. The van der Waals surface area contributed by atoms with Crippen LogP contribution in [0.1, 0.15) is 27.7 Å². The summed E-state index contributed by atoms with van der Waals surface area (Å²) in [6, 6.07) is -0.973. The summed E-state index contributed by atoms with van der Waals surface area (Å²) < 4.78 is 40.1. The Morgan fingerprint density at radius 1 is 1.10 bits per heavy atom. The van der Waals surface area contributed by atoms with E-state index in [0.29, 0.717) is 29.9 Å². The molecular formula is C22H33N6O12P. The lowest BCUT2D eigenvalue weighted by Gasteiger charge is -2.24. The number of carbonyl (C=O) groups is 4. The summed E-state index contributed by atoms with van der Waals surface area (Å²) in [4.78, 5) is 54.6. The maximum absolute atomic E-state index is 13.3. The van der Waals surface area contributed by atoms with Crippen molar-refractivity contribution in [2.75, 3.05) is 26.0 Å². The molecule has 2 aromatic heterocycles. The van der Waals surface area contributed by atoms with Gasteiger partial charge < -0.3 is 39.5 Å². The molecule has 0 radical (unpaired) electrons. The molecule has 19 heteroatoms. The van der Waals surface area contributed by atoms with Crippen LogP contribution in [0.4, 0.5) is 10.6 Å². The number of nitrogen functional groups attached to an aromatic ring is 1. The number of methoxy groups -OCH3 is 1. The van der Waals surface area contributed by atoms with E-state index in [9.17, 15) is 23.7 Å². The summed E-state index contributed by atoms with van der Waals surface area (Å²) in [6.45, 7) is 6.10. The SMILES string of the molecule is COC(=O)[C@H](C)NP(=O)(CO[C@H](C)Cn1cnc2c(N)ncnc21)OCOC(=O)OC(C)C.O=C(O)/C=C/C(=O)O. The molecule has 0 fully saturated rings. The average Bonchev–Trinajstić information content (AvgIpc) is 3.29. The molecule has 41 heavy (non-hydrogen) atoms. The molecule has 2 heterocycles. The van der Waals surface area contributed by atoms with Crippen LogP contribution in [-0.4, -0.2) is 92.3 Å². The molecule has 0 aliphatic carbocycles. The van der Waals surface area contributed by atoms with Gasteiger partial charge in [0.1, 0.15) is 24.2 Å². The maximum atomic E-state index is 13.3. The molecule has 0 saturated heterocycles. The Bertz CT molecular complexity index is 1250. The molecule has 5 N–H and O–H groups in total. The number of rotatable bonds is 14. The zero-order valence-corrected chi connectivity index (χ0v) is 23.8. The number of carboxylic acids is 2. The van der Waals surface area contributed by atoms with Crippen molar-refractivity contribution >= 4 is 48.6 Å². The summed E-state index contributed by atoms with van der Waals surface area (Å²) in [5.41, 5.74) is 6.77. The van der Waals surface area contributed by atoms with E-state index >= 15 is 0 Å². The summed E-state index contributed by atoms with van der Waals surface area (Å²) in [5.74, 6) is -2.92. The summed E-state index contributed by atoms with van der Waals surface area (Å²) in [6.07, 6.45) is 1.69. The van der Waals surface area contributed by atoms with Crippen LogP contribution in [0.3, 0.4) is 0 Å². The van der Waals surface area contributed by atoms with Crippen molar-refractivity contribution in [3.05, 3.63) is 24.8 Å². The Morgan fingerprint density at radius 2 is 1.73 bits per heavy atom. The highest BCUT2D eigenvalue weighted by molar-refractivity contribution is 7.56. The minimum absolute atomic E-state index is 0.252. The van der Waals surface area contributed by atoms with Gasteiger partial charge in [-0.3, -0.25) is 13.9 Å². The number of hydrogen-bond acceptors (Lipinski definition) is 14. The molecule has 0 aromatic carbocycles. The number of nitrogens with two attached hydrogens (primary N) is 1. The third kappa shape index (κ3) is 13.2. The average molecular weight is 605 g/mol. The van der Waals surface area contributed by atoms with E-state index in [1.54, 1.807) is 25.3 Å². The zero-order valence-electron chi connectivity index (χ0n) is 23.0. The number of nitrogens with one attached hydrogen (secondary N) is 1. The number of carboxylic acid groups (broad SMARTS) is 2. The first kappa shape index (κ1) is 34.9. The fourth-order valence-electron chi connectivity index (χ4n) is 2.75. The van der Waals surface area contributed by atoms with Crippen molar-refractivity contribution in [2.24, 2.45) is 0 Å². The Labute approximate surface area is 234 Å². The number of imidazole rings is 1. The van der Waals surface area contributed by atoms with E-state index in [0.717, 1.165) is 0 Å². The van der Waals surface area contributed by atoms with E-state index in [1.165, 1.54) is 26.7 Å². The molecule has 0 spiro atoms. The van der Waals surface area contributed by atoms with Crippen LogP contribution >= 0.6 is 7.52 Å². The highest BCUT2D eigenvalue weighted by Gasteiger charge is 2.31. The summed E-state index contributed by atoms with van der Waals surface area (Å²) >= 11 is 0. The third-order valence-corrected chi connectivity index (χ3v) is 6.29. The quantitative estimate of drug-likeness (QED) is 0.103. The molecule has 0 bridgehead atoms. The van der Waals surface area contributed by atoms with Gasteiger partial charge in [-0.05, 0) is 27.7 Å². The Kier molecular flexibility index (Phi) is 14.4. The van der Waals surface area contributed by atoms with Crippen LogP contribution < -0.4 is 10.8 Å². The van der Waals surface area contributed by atoms with Gasteiger partial charge in [0.05, 0.1) is 32.2 Å². The van der Waals surface area contributed by atoms with Crippen molar-refractivity contribution in [1.82, 2.24) is 24.6 Å². The lowest BCUT2D eigenvalue weighted by atomic mass is 10.4. The van der Waals surface area contributed by atoms with Gasteiger partial charge in [-0.1, -0.05) is 0 Å². The highest BCUT2D eigenvalue weighted by atomic mass is 31.2. The molecule has 2 aromatic rings. The number of fused-ring (bicyclic) bond motifs is 1. The normalized spacial score (nSPS) is 14.0. The number of esters is 1. The number of aliphatic carboxylic acids is 2. The third-order valence-electron chi connectivity index (χ3n) is 4.50. The predicted molar refractivity (Wildman–Crippen MR) is 140 cm³/mol. The Hall–Kier alpha value is -4.12. The second kappa shape index (κ2) is 16.9. The van der Waals surface area contributed by atoms with Gasteiger partial charge in [0.25, 0.3) is 7.52 Å². The van der Waals surface area contributed by atoms with Gasteiger partial charge in [0, 0.05) is 12.2 Å². The van der Waals surface area contributed by atoms with E-state index in [4.69, 9.17) is 34.7 Å². The monoisotopic (exact) mass is 604 g/mol. The maximum Gasteiger partial charge on any atom is 0.510 e. The van der Waals surface area contributed by atoms with Crippen molar-refractivity contribution in [1.29, 1.82) is 0 Å². The van der Waals surface area contributed by atoms with Crippen molar-refractivity contribution in [3.63, 3.8) is 0 Å². The van der Waals surface area contributed by atoms with E-state index in [-0.39, 0.29) is 5.82 Å². The number of nitrogens with zero attached hydrogens (tertiary/aromatic N) is 4. The van der Waals surface area contributed by atoms with Gasteiger partial charge in [0.15, 0.2) is 11.5 Å². The highest BCUT2D eigenvalue weighted by Crippen LogP contribution is 2.43.